The molecule has 5 nitrogen and oxygen atoms in total. The van der Waals surface area contributed by atoms with Crippen LogP contribution >= 0.6 is 0 Å². The number of hydrogen-bond donors (Lipinski definition) is 2. The predicted octanol–water partition coefficient (Wildman–Crippen LogP) is 0.757. The molecule has 0 atom stereocenters. The van der Waals surface area contributed by atoms with Crippen LogP contribution in [0.25, 0.3) is 0 Å². The van der Waals surface area contributed by atoms with Crippen molar-refractivity contribution >= 4 is 16.0 Å². The third-order valence-electron chi connectivity index (χ3n) is 1.19. The van der Waals surface area contributed by atoms with Gasteiger partial charge in [0, 0.05) is 0 Å². The molecule has 0 aliphatic heterocycles. The number of amides is 1. The minimum absolute atomic E-state index is 0.478. The number of nitrogens with one attached hydrogen (secondary N) is 1. The van der Waals surface area contributed by atoms with Gasteiger partial charge in [0.15, 0.2) is 0 Å². The van der Waals surface area contributed by atoms with E-state index in [2.05, 4.69) is 25.1 Å². The van der Waals surface area contributed by atoms with Gasteiger partial charge in [0.25, 0.3) is 10.1 Å². The van der Waals surface area contributed by atoms with Gasteiger partial charge in [-0.2, -0.15) is 8.42 Å². The van der Waals surface area contributed by atoms with Crippen molar-refractivity contribution in [1.29, 1.82) is 0 Å². The van der Waals surface area contributed by atoms with Crippen molar-refractivity contribution < 1.29 is 17.8 Å². The maximum atomic E-state index is 10.8. The van der Waals surface area contributed by atoms with E-state index < -0.39 is 27.3 Å². The number of hydrogen-bond acceptors (Lipinski definition) is 3. The lowest BCUT2D eigenvalue weighted by atomic mass is 10.1. The Hall–Kier alpha value is -1.14. The molecule has 0 radical (unpaired) electrons. The number of rotatable bonds is 4. The van der Waals surface area contributed by atoms with Crippen LogP contribution in [0.4, 0.5) is 0 Å². The zero-order valence-corrected chi connectivity index (χ0v) is 9.80. The van der Waals surface area contributed by atoms with Gasteiger partial charge in [-0.1, -0.05) is 6.58 Å². The molecule has 0 rings (SSSR count). The average molecular weight is 235 g/mol. The van der Waals surface area contributed by atoms with Crippen LogP contribution < -0.4 is 5.32 Å². The molecule has 0 spiro atoms. The minimum atomic E-state index is -4.08. The van der Waals surface area contributed by atoms with E-state index in [1.54, 1.807) is 0 Å². The molecule has 15 heavy (non-hydrogen) atoms. The van der Waals surface area contributed by atoms with E-state index in [0.717, 1.165) is 6.08 Å². The summed E-state index contributed by atoms with van der Waals surface area (Å²) < 4.78 is 29.5. The third-order valence-corrected chi connectivity index (χ3v) is 2.28. The normalized spacial score (nSPS) is 10.9. The summed E-state index contributed by atoms with van der Waals surface area (Å²) in [4.78, 5) is 10.8. The summed E-state index contributed by atoms with van der Waals surface area (Å²) in [6, 6.07) is 0. The Bertz CT molecular complexity index is 319. The molecule has 0 aliphatic rings. The first kappa shape index (κ1) is 16.3. The van der Waals surface area contributed by atoms with Crippen molar-refractivity contribution in [2.45, 2.75) is 19.4 Å². The molecular formula is C9H17NO4S. The van der Waals surface area contributed by atoms with Crippen LogP contribution in [0.15, 0.2) is 25.8 Å². The van der Waals surface area contributed by atoms with Gasteiger partial charge in [0.1, 0.15) is 0 Å². The van der Waals surface area contributed by atoms with Gasteiger partial charge >= 0.3 is 0 Å². The predicted molar refractivity (Wildman–Crippen MR) is 60.1 cm³/mol. The van der Waals surface area contributed by atoms with Crippen LogP contribution in [0.2, 0.25) is 0 Å². The van der Waals surface area contributed by atoms with Crippen molar-refractivity contribution in [3.8, 4) is 0 Å². The fraction of sp³-hybridized carbons (Fsp3) is 0.444. The molecule has 88 valence electrons. The summed E-state index contributed by atoms with van der Waals surface area (Å²) in [7, 11) is -4.08. The van der Waals surface area contributed by atoms with E-state index in [1.807, 2.05) is 0 Å². The lowest BCUT2D eigenvalue weighted by Crippen LogP contribution is -2.47. The van der Waals surface area contributed by atoms with Crippen molar-refractivity contribution in [3.63, 3.8) is 0 Å². The molecule has 0 aromatic rings. The highest BCUT2D eigenvalue weighted by Gasteiger charge is 2.25. The van der Waals surface area contributed by atoms with Crippen molar-refractivity contribution in [2.75, 3.05) is 5.75 Å². The molecule has 2 N–H and O–H groups in total. The Morgan fingerprint density at radius 1 is 1.47 bits per heavy atom. The van der Waals surface area contributed by atoms with Crippen molar-refractivity contribution in [1.82, 2.24) is 5.32 Å². The van der Waals surface area contributed by atoms with E-state index >= 15 is 0 Å². The number of carbonyl (C=O) groups excluding carboxylic acids is 1. The first-order chi connectivity index (χ1) is 6.66. The van der Waals surface area contributed by atoms with E-state index in [-0.39, 0.29) is 0 Å². The van der Waals surface area contributed by atoms with Gasteiger partial charge in [-0.3, -0.25) is 9.35 Å². The Morgan fingerprint density at radius 2 is 1.87 bits per heavy atom. The summed E-state index contributed by atoms with van der Waals surface area (Å²) in [6.07, 6.45) is 1.03. The third kappa shape index (κ3) is 10.8. The summed E-state index contributed by atoms with van der Waals surface area (Å²) in [5, 5.41) is 2.37. The maximum Gasteiger partial charge on any atom is 0.267 e. The highest BCUT2D eigenvalue weighted by molar-refractivity contribution is 7.85. The summed E-state index contributed by atoms with van der Waals surface area (Å²) in [5.74, 6) is -1.01. The Morgan fingerprint density at radius 3 is 2.13 bits per heavy atom. The minimum Gasteiger partial charge on any atom is -0.347 e. The first-order valence-corrected chi connectivity index (χ1v) is 5.67. The zero-order chi connectivity index (χ0) is 12.7. The zero-order valence-electron chi connectivity index (χ0n) is 8.99. The van der Waals surface area contributed by atoms with Crippen LogP contribution in [-0.4, -0.2) is 30.2 Å². The van der Waals surface area contributed by atoms with Gasteiger partial charge in [-0.25, -0.2) is 0 Å². The fourth-order valence-corrected chi connectivity index (χ4v) is 1.86. The quantitative estimate of drug-likeness (QED) is 0.428. The van der Waals surface area contributed by atoms with Crippen LogP contribution in [0, 0.1) is 0 Å². The molecule has 0 bridgehead atoms. The summed E-state index contributed by atoms with van der Waals surface area (Å²) >= 11 is 0. The second kappa shape index (κ2) is 6.36. The topological polar surface area (TPSA) is 83.5 Å². The monoisotopic (exact) mass is 235 g/mol. The van der Waals surface area contributed by atoms with Gasteiger partial charge in [0.2, 0.25) is 5.91 Å². The average Bonchev–Trinajstić information content (AvgIpc) is 2.02. The Labute approximate surface area is 90.6 Å². The molecule has 0 aromatic carbocycles. The molecule has 1 amide bonds. The van der Waals surface area contributed by atoms with Gasteiger partial charge < -0.3 is 5.32 Å². The maximum absolute atomic E-state index is 10.8. The van der Waals surface area contributed by atoms with E-state index in [1.165, 1.54) is 13.8 Å². The molecule has 6 heteroatoms. The van der Waals surface area contributed by atoms with Crippen molar-refractivity contribution in [3.05, 3.63) is 25.8 Å². The Balaban J connectivity index is 0. The van der Waals surface area contributed by atoms with Crippen LogP contribution in [0.3, 0.4) is 0 Å². The van der Waals surface area contributed by atoms with E-state index in [4.69, 9.17) is 4.55 Å². The molecule has 0 heterocycles. The smallest absolute Gasteiger partial charge is 0.267 e. The first-order valence-electron chi connectivity index (χ1n) is 4.06. The van der Waals surface area contributed by atoms with Gasteiger partial charge in [0.05, 0.1) is 11.3 Å². The molecule has 0 fully saturated rings. The summed E-state index contributed by atoms with van der Waals surface area (Å²) in [6.45, 7) is 12.2. The largest absolute Gasteiger partial charge is 0.347 e. The van der Waals surface area contributed by atoms with Crippen molar-refractivity contribution in [2.24, 2.45) is 0 Å². The standard InChI is InChI=1S/C7H13NO4S.C2H4/c1-4-6(9)8-7(2,3)5-13(10,11)12;1-2/h4H,1,5H2,2-3H3,(H,8,9)(H,10,11,12);1-2H2. The SMILES string of the molecule is C=C.C=CC(=O)NC(C)(C)CS(=O)(=O)O. The molecule has 0 unspecified atom stereocenters. The van der Waals surface area contributed by atoms with Crippen LogP contribution in [-0.2, 0) is 14.9 Å². The molecule has 0 aliphatic carbocycles. The van der Waals surface area contributed by atoms with Crippen LogP contribution in [0.1, 0.15) is 13.8 Å². The molecule has 0 saturated carbocycles. The Kier molecular flexibility index (Phi) is 6.91. The molecular weight excluding hydrogens is 218 g/mol. The second-order valence-corrected chi connectivity index (χ2v) is 4.76. The van der Waals surface area contributed by atoms with Crippen LogP contribution in [0.5, 0.6) is 0 Å². The van der Waals surface area contributed by atoms with Gasteiger partial charge in [-0.15, -0.1) is 13.2 Å². The number of carbonyl (C=O) groups is 1. The highest BCUT2D eigenvalue weighted by Crippen LogP contribution is 2.05. The summed E-state index contributed by atoms with van der Waals surface area (Å²) in [5.41, 5.74) is -1.00. The van der Waals surface area contributed by atoms with Gasteiger partial charge in [-0.05, 0) is 19.9 Å². The fourth-order valence-electron chi connectivity index (χ4n) is 0.877. The van der Waals surface area contributed by atoms with E-state index in [0.29, 0.717) is 0 Å². The molecule has 0 aromatic heterocycles. The second-order valence-electron chi connectivity index (χ2n) is 3.30. The lowest BCUT2D eigenvalue weighted by Gasteiger charge is -2.23. The highest BCUT2D eigenvalue weighted by atomic mass is 32.2. The van der Waals surface area contributed by atoms with E-state index in [9.17, 15) is 13.2 Å². The molecule has 0 saturated heterocycles. The lowest BCUT2D eigenvalue weighted by molar-refractivity contribution is -0.117.